The maximum absolute atomic E-state index is 14.4. The molecule has 0 saturated heterocycles. The summed E-state index contributed by atoms with van der Waals surface area (Å²) < 4.78 is 54.5. The number of hydrogen-bond acceptors (Lipinski definition) is 6. The van der Waals surface area contributed by atoms with Crippen molar-refractivity contribution in [3.63, 3.8) is 0 Å². The monoisotopic (exact) mass is 399 g/mol. The highest BCUT2D eigenvalue weighted by Crippen LogP contribution is 2.40. The van der Waals surface area contributed by atoms with Crippen LogP contribution in [0.15, 0.2) is 30.3 Å². The Bertz CT molecular complexity index is 860. The quantitative estimate of drug-likeness (QED) is 0.683. The van der Waals surface area contributed by atoms with Gasteiger partial charge in [0.2, 0.25) is 0 Å². The number of alkyl halides is 3. The molecule has 5 N–H and O–H groups in total. The second-order valence-electron chi connectivity index (χ2n) is 6.56. The van der Waals surface area contributed by atoms with Crippen molar-refractivity contribution < 1.29 is 22.7 Å². The van der Waals surface area contributed by atoms with Crippen LogP contribution in [0.5, 0.6) is 0 Å². The Balaban J connectivity index is 2.17. The molecule has 2 atom stereocenters. The lowest BCUT2D eigenvalue weighted by atomic mass is 10.0. The number of anilines is 1. The predicted molar refractivity (Wildman–Crippen MR) is 96.3 cm³/mol. The van der Waals surface area contributed by atoms with Gasteiger partial charge in [-0.05, 0) is 31.7 Å². The van der Waals surface area contributed by atoms with Crippen molar-refractivity contribution in [3.05, 3.63) is 47.3 Å². The topological polar surface area (TPSA) is 91.6 Å². The highest BCUT2D eigenvalue weighted by molar-refractivity contribution is 5.69. The lowest BCUT2D eigenvalue weighted by Crippen LogP contribution is -2.59. The van der Waals surface area contributed by atoms with E-state index in [9.17, 15) is 17.6 Å². The molecule has 3 rings (SSSR count). The van der Waals surface area contributed by atoms with Crippen LogP contribution >= 0.6 is 0 Å². The Kier molecular flexibility index (Phi) is 5.57. The molecule has 28 heavy (non-hydrogen) atoms. The van der Waals surface area contributed by atoms with Crippen molar-refractivity contribution in [2.24, 2.45) is 11.5 Å². The molecular weight excluding hydrogens is 378 g/mol. The molecule has 0 fully saturated rings. The minimum Gasteiger partial charge on any atom is -0.396 e. The molecule has 2 heterocycles. The average molecular weight is 399 g/mol. The zero-order valence-electron chi connectivity index (χ0n) is 15.1. The van der Waals surface area contributed by atoms with Crippen molar-refractivity contribution in [2.75, 3.05) is 25.1 Å². The standard InChI is InChI=1S/C18H21F4N5O/c1-26-15(23)10-6-7-13(25-16(10)27(17(26)24)8-3-9-28)14-11(18(20,21)22)4-2-5-12(14)19/h2,4-7,15,17,28H,3,8-9,23-24H2,1H3. The van der Waals surface area contributed by atoms with E-state index in [0.29, 0.717) is 18.5 Å². The van der Waals surface area contributed by atoms with Gasteiger partial charge in [0.1, 0.15) is 17.9 Å². The van der Waals surface area contributed by atoms with E-state index >= 15 is 0 Å². The molecule has 1 aliphatic rings. The average Bonchev–Trinajstić information content (AvgIpc) is 2.65. The highest BCUT2D eigenvalue weighted by atomic mass is 19.4. The predicted octanol–water partition coefficient (Wildman–Crippen LogP) is 2.24. The van der Waals surface area contributed by atoms with Crippen LogP contribution in [0.2, 0.25) is 0 Å². The maximum atomic E-state index is 14.4. The molecule has 0 amide bonds. The largest absolute Gasteiger partial charge is 0.417 e. The van der Waals surface area contributed by atoms with E-state index in [4.69, 9.17) is 16.6 Å². The summed E-state index contributed by atoms with van der Waals surface area (Å²) in [4.78, 5) is 7.61. The van der Waals surface area contributed by atoms with Gasteiger partial charge in [0.15, 0.2) is 0 Å². The van der Waals surface area contributed by atoms with Crippen LogP contribution < -0.4 is 16.4 Å². The van der Waals surface area contributed by atoms with Crippen LogP contribution in [0.25, 0.3) is 11.3 Å². The van der Waals surface area contributed by atoms with Gasteiger partial charge in [-0.15, -0.1) is 0 Å². The summed E-state index contributed by atoms with van der Waals surface area (Å²) in [6.07, 6.45) is -5.69. The fourth-order valence-electron chi connectivity index (χ4n) is 3.29. The summed E-state index contributed by atoms with van der Waals surface area (Å²) in [7, 11) is 1.71. The van der Waals surface area contributed by atoms with Gasteiger partial charge in [-0.3, -0.25) is 10.6 Å². The van der Waals surface area contributed by atoms with Crippen molar-refractivity contribution >= 4 is 5.82 Å². The third kappa shape index (κ3) is 3.55. The second kappa shape index (κ2) is 7.63. The first-order valence-electron chi connectivity index (χ1n) is 8.64. The van der Waals surface area contributed by atoms with Crippen LogP contribution in [0.3, 0.4) is 0 Å². The molecule has 0 spiro atoms. The number of pyridine rings is 1. The van der Waals surface area contributed by atoms with Crippen LogP contribution in [-0.2, 0) is 6.18 Å². The third-order valence-corrected chi connectivity index (χ3v) is 4.80. The van der Waals surface area contributed by atoms with Crippen LogP contribution in [-0.4, -0.2) is 41.5 Å². The van der Waals surface area contributed by atoms with Crippen LogP contribution in [0.4, 0.5) is 23.4 Å². The Morgan fingerprint density at radius 3 is 2.54 bits per heavy atom. The summed E-state index contributed by atoms with van der Waals surface area (Å²) >= 11 is 0. The molecule has 0 bridgehead atoms. The molecular formula is C18H21F4N5O. The van der Waals surface area contributed by atoms with E-state index in [-0.39, 0.29) is 18.1 Å². The normalized spacial score (nSPS) is 20.4. The summed E-state index contributed by atoms with van der Waals surface area (Å²) in [5.41, 5.74) is 11.0. The van der Waals surface area contributed by atoms with Crippen LogP contribution in [0, 0.1) is 5.82 Å². The van der Waals surface area contributed by atoms with E-state index in [2.05, 4.69) is 4.98 Å². The molecule has 2 aromatic rings. The first-order valence-corrected chi connectivity index (χ1v) is 8.64. The van der Waals surface area contributed by atoms with E-state index in [1.807, 2.05) is 0 Å². The maximum Gasteiger partial charge on any atom is 0.417 e. The summed E-state index contributed by atoms with van der Waals surface area (Å²) in [6.45, 7) is 0.209. The molecule has 1 aromatic carbocycles. The fraction of sp³-hybridized carbons (Fsp3) is 0.389. The molecule has 1 aromatic heterocycles. The Morgan fingerprint density at radius 2 is 1.89 bits per heavy atom. The molecule has 0 radical (unpaired) electrons. The molecule has 1 aliphatic heterocycles. The van der Waals surface area contributed by atoms with Gasteiger partial charge in [-0.1, -0.05) is 12.1 Å². The number of benzene rings is 1. The lowest BCUT2D eigenvalue weighted by molar-refractivity contribution is -0.137. The van der Waals surface area contributed by atoms with Gasteiger partial charge in [0, 0.05) is 24.3 Å². The number of hydrogen-bond donors (Lipinski definition) is 3. The molecule has 2 unspecified atom stereocenters. The number of nitrogens with two attached hydrogens (primary N) is 2. The van der Waals surface area contributed by atoms with Gasteiger partial charge in [0.05, 0.1) is 17.4 Å². The van der Waals surface area contributed by atoms with E-state index in [1.165, 1.54) is 12.1 Å². The smallest absolute Gasteiger partial charge is 0.396 e. The molecule has 10 heteroatoms. The Morgan fingerprint density at radius 1 is 1.18 bits per heavy atom. The van der Waals surface area contributed by atoms with Gasteiger partial charge in [-0.2, -0.15) is 13.2 Å². The summed E-state index contributed by atoms with van der Waals surface area (Å²) in [5.74, 6) is -0.744. The number of nitrogens with zero attached hydrogens (tertiary/aromatic N) is 3. The Hall–Kier alpha value is -2.27. The van der Waals surface area contributed by atoms with E-state index in [1.54, 1.807) is 16.8 Å². The Labute approximate surface area is 159 Å². The van der Waals surface area contributed by atoms with Gasteiger partial charge in [0.25, 0.3) is 0 Å². The first kappa shape index (κ1) is 20.5. The number of fused-ring (bicyclic) bond motifs is 1. The first-order chi connectivity index (χ1) is 13.2. The minimum absolute atomic E-state index is 0.0977. The zero-order valence-corrected chi connectivity index (χ0v) is 15.1. The van der Waals surface area contributed by atoms with Crippen molar-refractivity contribution in [1.29, 1.82) is 0 Å². The number of aliphatic hydroxyl groups excluding tert-OH is 1. The second-order valence-corrected chi connectivity index (χ2v) is 6.56. The molecule has 152 valence electrons. The van der Waals surface area contributed by atoms with Gasteiger partial charge in [-0.25, -0.2) is 9.37 Å². The van der Waals surface area contributed by atoms with Crippen LogP contribution in [0.1, 0.15) is 23.7 Å². The summed E-state index contributed by atoms with van der Waals surface area (Å²) in [5, 5.41) is 9.14. The fourth-order valence-corrected chi connectivity index (χ4v) is 3.29. The molecule has 0 aliphatic carbocycles. The number of aliphatic hydroxyl groups is 1. The van der Waals surface area contributed by atoms with Crippen molar-refractivity contribution in [1.82, 2.24) is 9.88 Å². The zero-order chi connectivity index (χ0) is 20.6. The SMILES string of the molecule is CN1C(N)c2ccc(-c3c(F)cccc3C(F)(F)F)nc2N(CCCO)C1N. The summed E-state index contributed by atoms with van der Waals surface area (Å²) in [6, 6.07) is 5.63. The van der Waals surface area contributed by atoms with Gasteiger partial charge >= 0.3 is 6.18 Å². The van der Waals surface area contributed by atoms with Gasteiger partial charge < -0.3 is 15.7 Å². The number of aromatic nitrogens is 1. The third-order valence-electron chi connectivity index (χ3n) is 4.80. The number of rotatable bonds is 4. The van der Waals surface area contributed by atoms with E-state index < -0.39 is 35.6 Å². The minimum atomic E-state index is -4.74. The molecule has 6 nitrogen and oxygen atoms in total. The van der Waals surface area contributed by atoms with E-state index in [0.717, 1.165) is 18.2 Å². The lowest BCUT2D eigenvalue weighted by Gasteiger charge is -2.44. The highest BCUT2D eigenvalue weighted by Gasteiger charge is 2.37. The van der Waals surface area contributed by atoms with Crippen molar-refractivity contribution in [3.8, 4) is 11.3 Å². The number of halogens is 4. The van der Waals surface area contributed by atoms with Crippen molar-refractivity contribution in [2.45, 2.75) is 25.1 Å². The molecule has 0 saturated carbocycles.